The third kappa shape index (κ3) is 2.11. The van der Waals surface area contributed by atoms with Crippen LogP contribution in [0.15, 0.2) is 18.2 Å². The highest BCUT2D eigenvalue weighted by Gasteiger charge is 2.09. The first kappa shape index (κ1) is 10.4. The summed E-state index contributed by atoms with van der Waals surface area (Å²) in [6, 6.07) is 7.90. The third-order valence-electron chi connectivity index (χ3n) is 2.11. The minimum Gasteiger partial charge on any atom is -0.241 e. The van der Waals surface area contributed by atoms with Crippen molar-refractivity contribution in [2.45, 2.75) is 13.3 Å². The lowest BCUT2D eigenvalue weighted by Crippen LogP contribution is -1.94. The van der Waals surface area contributed by atoms with Crippen molar-refractivity contribution in [3.8, 4) is 6.07 Å². The quantitative estimate of drug-likeness (QED) is 0.798. The Labute approximate surface area is 97.1 Å². The SMILES string of the molecule is CC(C#N)Cc1nc2cccc(Cl)c2s1. The van der Waals surface area contributed by atoms with Gasteiger partial charge in [0.1, 0.15) is 0 Å². The number of benzene rings is 1. The predicted octanol–water partition coefficient (Wildman–Crippen LogP) is 3.65. The van der Waals surface area contributed by atoms with Crippen LogP contribution in [0.2, 0.25) is 5.02 Å². The van der Waals surface area contributed by atoms with E-state index in [0.29, 0.717) is 6.42 Å². The zero-order chi connectivity index (χ0) is 10.8. The van der Waals surface area contributed by atoms with Gasteiger partial charge >= 0.3 is 0 Å². The zero-order valence-corrected chi connectivity index (χ0v) is 9.77. The van der Waals surface area contributed by atoms with Crippen LogP contribution in [0.25, 0.3) is 10.2 Å². The number of nitrogens with zero attached hydrogens (tertiary/aromatic N) is 2. The van der Waals surface area contributed by atoms with Gasteiger partial charge in [0.15, 0.2) is 0 Å². The van der Waals surface area contributed by atoms with Gasteiger partial charge in [-0.1, -0.05) is 17.7 Å². The molecule has 0 radical (unpaired) electrons. The zero-order valence-electron chi connectivity index (χ0n) is 8.20. The molecule has 1 unspecified atom stereocenters. The van der Waals surface area contributed by atoms with Crippen LogP contribution in [0.3, 0.4) is 0 Å². The molecule has 76 valence electrons. The molecule has 2 rings (SSSR count). The molecule has 1 atom stereocenters. The van der Waals surface area contributed by atoms with Crippen molar-refractivity contribution in [2.24, 2.45) is 5.92 Å². The van der Waals surface area contributed by atoms with E-state index < -0.39 is 0 Å². The van der Waals surface area contributed by atoms with Crippen molar-refractivity contribution >= 4 is 33.2 Å². The van der Waals surface area contributed by atoms with Crippen LogP contribution in [0.5, 0.6) is 0 Å². The normalized spacial score (nSPS) is 12.6. The molecule has 0 spiro atoms. The molecule has 0 aliphatic carbocycles. The molecular formula is C11H9ClN2S. The van der Waals surface area contributed by atoms with Crippen LogP contribution in [-0.4, -0.2) is 4.98 Å². The molecule has 4 heteroatoms. The summed E-state index contributed by atoms with van der Waals surface area (Å²) in [7, 11) is 0. The molecule has 15 heavy (non-hydrogen) atoms. The Morgan fingerprint density at radius 2 is 2.40 bits per heavy atom. The summed E-state index contributed by atoms with van der Waals surface area (Å²) in [5.74, 6) is 0.00402. The lowest BCUT2D eigenvalue weighted by molar-refractivity contribution is 0.735. The van der Waals surface area contributed by atoms with Crippen molar-refractivity contribution in [2.75, 3.05) is 0 Å². The first-order chi connectivity index (χ1) is 7.20. The average molecular weight is 237 g/mol. The number of hydrogen-bond acceptors (Lipinski definition) is 3. The van der Waals surface area contributed by atoms with Crippen LogP contribution in [-0.2, 0) is 6.42 Å². The predicted molar refractivity (Wildman–Crippen MR) is 63.1 cm³/mol. The molecule has 0 aliphatic rings. The van der Waals surface area contributed by atoms with Crippen LogP contribution < -0.4 is 0 Å². The van der Waals surface area contributed by atoms with Gasteiger partial charge in [0.2, 0.25) is 0 Å². The highest BCUT2D eigenvalue weighted by molar-refractivity contribution is 7.19. The second kappa shape index (κ2) is 4.18. The van der Waals surface area contributed by atoms with Gasteiger partial charge in [-0.15, -0.1) is 11.3 Å². The number of rotatable bonds is 2. The van der Waals surface area contributed by atoms with E-state index in [4.69, 9.17) is 16.9 Å². The van der Waals surface area contributed by atoms with E-state index in [1.54, 1.807) is 11.3 Å². The van der Waals surface area contributed by atoms with Crippen molar-refractivity contribution in [1.29, 1.82) is 5.26 Å². The number of aromatic nitrogens is 1. The van der Waals surface area contributed by atoms with Gasteiger partial charge in [-0.3, -0.25) is 0 Å². The van der Waals surface area contributed by atoms with E-state index in [9.17, 15) is 0 Å². The van der Waals surface area contributed by atoms with E-state index in [1.165, 1.54) is 0 Å². The van der Waals surface area contributed by atoms with Crippen molar-refractivity contribution < 1.29 is 0 Å². The minimum absolute atomic E-state index is 0.00402. The van der Waals surface area contributed by atoms with E-state index >= 15 is 0 Å². The maximum atomic E-state index is 8.73. The monoisotopic (exact) mass is 236 g/mol. The number of nitriles is 1. The van der Waals surface area contributed by atoms with Crippen molar-refractivity contribution in [3.05, 3.63) is 28.2 Å². The van der Waals surface area contributed by atoms with Gasteiger partial charge in [-0.25, -0.2) is 4.98 Å². The standard InChI is InChI=1S/C11H9ClN2S/c1-7(6-13)5-10-14-9-4-2-3-8(12)11(9)15-10/h2-4,7H,5H2,1H3. The fraction of sp³-hybridized carbons (Fsp3) is 0.273. The lowest BCUT2D eigenvalue weighted by atomic mass is 10.1. The van der Waals surface area contributed by atoms with E-state index in [-0.39, 0.29) is 5.92 Å². The summed E-state index contributed by atoms with van der Waals surface area (Å²) in [6.07, 6.45) is 0.701. The maximum Gasteiger partial charge on any atom is 0.0952 e. The number of fused-ring (bicyclic) bond motifs is 1. The molecule has 0 bridgehead atoms. The molecule has 2 nitrogen and oxygen atoms in total. The lowest BCUT2D eigenvalue weighted by Gasteiger charge is -1.95. The Bertz CT molecular complexity index is 527. The second-order valence-electron chi connectivity index (χ2n) is 3.43. The van der Waals surface area contributed by atoms with Gasteiger partial charge in [0.25, 0.3) is 0 Å². The van der Waals surface area contributed by atoms with Gasteiger partial charge in [-0.05, 0) is 19.1 Å². The molecule has 1 aromatic carbocycles. The highest BCUT2D eigenvalue weighted by atomic mass is 35.5. The molecule has 0 saturated heterocycles. The Kier molecular flexibility index (Phi) is 2.90. The molecule has 2 aromatic rings. The summed E-state index contributed by atoms with van der Waals surface area (Å²) >= 11 is 7.62. The number of hydrogen-bond donors (Lipinski definition) is 0. The molecule has 0 aliphatic heterocycles. The van der Waals surface area contributed by atoms with Crippen LogP contribution in [0.1, 0.15) is 11.9 Å². The fourth-order valence-electron chi connectivity index (χ4n) is 1.36. The van der Waals surface area contributed by atoms with Gasteiger partial charge in [0.05, 0.1) is 26.3 Å². The summed E-state index contributed by atoms with van der Waals surface area (Å²) in [5, 5.41) is 10.4. The summed E-state index contributed by atoms with van der Waals surface area (Å²) in [6.45, 7) is 1.90. The molecule has 1 aromatic heterocycles. The first-order valence-electron chi connectivity index (χ1n) is 4.64. The Morgan fingerprint density at radius 3 is 3.07 bits per heavy atom. The summed E-state index contributed by atoms with van der Waals surface area (Å²) in [4.78, 5) is 4.44. The minimum atomic E-state index is 0.00402. The molecule has 0 fully saturated rings. The first-order valence-corrected chi connectivity index (χ1v) is 5.83. The highest BCUT2D eigenvalue weighted by Crippen LogP contribution is 2.29. The van der Waals surface area contributed by atoms with Crippen LogP contribution in [0, 0.1) is 17.2 Å². The smallest absolute Gasteiger partial charge is 0.0952 e. The number of thiazole rings is 1. The molecule has 0 amide bonds. The van der Waals surface area contributed by atoms with Crippen LogP contribution >= 0.6 is 22.9 Å². The summed E-state index contributed by atoms with van der Waals surface area (Å²) in [5.41, 5.74) is 0.924. The Morgan fingerprint density at radius 1 is 1.60 bits per heavy atom. The molecule has 0 saturated carbocycles. The average Bonchev–Trinajstić information content (AvgIpc) is 2.62. The largest absolute Gasteiger partial charge is 0.241 e. The van der Waals surface area contributed by atoms with E-state index in [0.717, 1.165) is 20.2 Å². The second-order valence-corrected chi connectivity index (χ2v) is 4.92. The van der Waals surface area contributed by atoms with E-state index in [1.807, 2.05) is 25.1 Å². The van der Waals surface area contributed by atoms with Gasteiger partial charge < -0.3 is 0 Å². The van der Waals surface area contributed by atoms with Crippen LogP contribution in [0.4, 0.5) is 0 Å². The number of halogens is 1. The fourth-order valence-corrected chi connectivity index (χ4v) is 2.74. The van der Waals surface area contributed by atoms with Crippen molar-refractivity contribution in [3.63, 3.8) is 0 Å². The Balaban J connectivity index is 2.40. The van der Waals surface area contributed by atoms with Gasteiger partial charge in [-0.2, -0.15) is 5.26 Å². The Hall–Kier alpha value is -1.11. The third-order valence-corrected chi connectivity index (χ3v) is 3.67. The van der Waals surface area contributed by atoms with E-state index in [2.05, 4.69) is 11.1 Å². The summed E-state index contributed by atoms with van der Waals surface area (Å²) < 4.78 is 1.01. The molecule has 0 N–H and O–H groups in total. The maximum absolute atomic E-state index is 8.73. The molecular weight excluding hydrogens is 228 g/mol. The van der Waals surface area contributed by atoms with Gasteiger partial charge in [0, 0.05) is 12.3 Å². The topological polar surface area (TPSA) is 36.7 Å². The molecule has 1 heterocycles. The van der Waals surface area contributed by atoms with Crippen molar-refractivity contribution in [1.82, 2.24) is 4.98 Å².